The first-order chi connectivity index (χ1) is 9.40. The van der Waals surface area contributed by atoms with Crippen molar-refractivity contribution in [1.29, 1.82) is 0 Å². The SMILES string of the molecule is Nc1nc(NC2(C(F)(F)F)CC2)nc(-n2ccnc2)n1. The first-order valence-corrected chi connectivity index (χ1v) is 5.74. The lowest BCUT2D eigenvalue weighted by molar-refractivity contribution is -0.151. The fourth-order valence-electron chi connectivity index (χ4n) is 1.75. The molecule has 0 unspecified atom stereocenters. The maximum absolute atomic E-state index is 12.9. The van der Waals surface area contributed by atoms with Gasteiger partial charge >= 0.3 is 6.18 Å². The number of anilines is 2. The number of nitrogens with two attached hydrogens (primary N) is 1. The summed E-state index contributed by atoms with van der Waals surface area (Å²) in [5.74, 6) is -0.254. The van der Waals surface area contributed by atoms with Gasteiger partial charge in [-0.3, -0.25) is 4.57 Å². The van der Waals surface area contributed by atoms with Gasteiger partial charge in [-0.1, -0.05) is 0 Å². The maximum Gasteiger partial charge on any atom is 0.411 e. The normalized spacial score (nSPS) is 16.9. The average Bonchev–Trinajstić information content (AvgIpc) is 2.94. The molecule has 0 atom stereocenters. The Balaban J connectivity index is 1.92. The van der Waals surface area contributed by atoms with Crippen LogP contribution in [0.15, 0.2) is 18.7 Å². The van der Waals surface area contributed by atoms with E-state index in [1.54, 1.807) is 6.20 Å². The number of alkyl halides is 3. The van der Waals surface area contributed by atoms with E-state index in [2.05, 4.69) is 25.3 Å². The van der Waals surface area contributed by atoms with Crippen molar-refractivity contribution in [3.63, 3.8) is 0 Å². The molecule has 0 bridgehead atoms. The van der Waals surface area contributed by atoms with Gasteiger partial charge in [0.2, 0.25) is 17.8 Å². The summed E-state index contributed by atoms with van der Waals surface area (Å²) < 4.78 is 40.1. The zero-order valence-electron chi connectivity index (χ0n) is 10.1. The lowest BCUT2D eigenvalue weighted by atomic mass is 10.3. The number of hydrogen-bond acceptors (Lipinski definition) is 6. The Bertz CT molecular complexity index is 618. The molecule has 20 heavy (non-hydrogen) atoms. The number of nitrogen functional groups attached to an aromatic ring is 1. The third kappa shape index (κ3) is 2.12. The number of nitrogens with zero attached hydrogens (tertiary/aromatic N) is 5. The van der Waals surface area contributed by atoms with Crippen LogP contribution in [0.5, 0.6) is 0 Å². The summed E-state index contributed by atoms with van der Waals surface area (Å²) in [4.78, 5) is 15.3. The predicted octanol–water partition coefficient (Wildman–Crippen LogP) is 1.15. The summed E-state index contributed by atoms with van der Waals surface area (Å²) >= 11 is 0. The Kier molecular flexibility index (Phi) is 2.56. The summed E-state index contributed by atoms with van der Waals surface area (Å²) in [5.41, 5.74) is 3.55. The third-order valence-electron chi connectivity index (χ3n) is 3.02. The van der Waals surface area contributed by atoms with Crippen molar-refractivity contribution < 1.29 is 13.2 Å². The maximum atomic E-state index is 12.9. The highest BCUT2D eigenvalue weighted by atomic mass is 19.4. The Morgan fingerprint density at radius 2 is 2.00 bits per heavy atom. The Morgan fingerprint density at radius 1 is 1.25 bits per heavy atom. The van der Waals surface area contributed by atoms with Crippen molar-refractivity contribution in [1.82, 2.24) is 24.5 Å². The molecule has 0 radical (unpaired) electrons. The van der Waals surface area contributed by atoms with Crippen LogP contribution in [0.1, 0.15) is 12.8 Å². The van der Waals surface area contributed by atoms with E-state index in [-0.39, 0.29) is 30.7 Å². The third-order valence-corrected chi connectivity index (χ3v) is 3.02. The minimum atomic E-state index is -4.36. The second kappa shape index (κ2) is 4.05. The first kappa shape index (κ1) is 12.6. The summed E-state index contributed by atoms with van der Waals surface area (Å²) in [5, 5.41) is 2.31. The topological polar surface area (TPSA) is 94.5 Å². The molecule has 106 valence electrons. The molecule has 2 aromatic heterocycles. The molecule has 1 aliphatic carbocycles. The van der Waals surface area contributed by atoms with E-state index in [9.17, 15) is 13.2 Å². The second-order valence-corrected chi connectivity index (χ2v) is 4.49. The van der Waals surface area contributed by atoms with Gasteiger partial charge in [0, 0.05) is 12.4 Å². The minimum absolute atomic E-state index is 0.0114. The Morgan fingerprint density at radius 3 is 2.55 bits per heavy atom. The number of imidazole rings is 1. The summed E-state index contributed by atoms with van der Waals surface area (Å²) in [6, 6.07) is 0. The summed E-state index contributed by atoms with van der Waals surface area (Å²) in [6.45, 7) is 0. The second-order valence-electron chi connectivity index (χ2n) is 4.49. The Labute approximate surface area is 111 Å². The Hall–Kier alpha value is -2.39. The van der Waals surface area contributed by atoms with Gasteiger partial charge in [-0.25, -0.2) is 4.98 Å². The van der Waals surface area contributed by atoms with E-state index >= 15 is 0 Å². The molecule has 0 spiro atoms. The smallest absolute Gasteiger partial charge is 0.368 e. The fourth-order valence-corrected chi connectivity index (χ4v) is 1.75. The van der Waals surface area contributed by atoms with Crippen molar-refractivity contribution in [2.24, 2.45) is 0 Å². The molecule has 0 saturated heterocycles. The van der Waals surface area contributed by atoms with Crippen molar-refractivity contribution in [2.45, 2.75) is 24.6 Å². The molecule has 7 nitrogen and oxygen atoms in total. The lowest BCUT2D eigenvalue weighted by Crippen LogP contribution is -2.39. The van der Waals surface area contributed by atoms with Crippen molar-refractivity contribution >= 4 is 11.9 Å². The van der Waals surface area contributed by atoms with Crippen molar-refractivity contribution in [2.75, 3.05) is 11.1 Å². The molecule has 10 heteroatoms. The summed E-state index contributed by atoms with van der Waals surface area (Å²) in [7, 11) is 0. The number of hydrogen-bond donors (Lipinski definition) is 2. The minimum Gasteiger partial charge on any atom is -0.368 e. The van der Waals surface area contributed by atoms with E-state index in [0.29, 0.717) is 0 Å². The molecule has 3 rings (SSSR count). The predicted molar refractivity (Wildman–Crippen MR) is 63.0 cm³/mol. The molecule has 2 heterocycles. The molecule has 3 N–H and O–H groups in total. The fraction of sp³-hybridized carbons (Fsp3) is 0.400. The van der Waals surface area contributed by atoms with Crippen LogP contribution < -0.4 is 11.1 Å². The van der Waals surface area contributed by atoms with E-state index in [1.807, 2.05) is 0 Å². The average molecular weight is 285 g/mol. The van der Waals surface area contributed by atoms with E-state index in [4.69, 9.17) is 5.73 Å². The van der Waals surface area contributed by atoms with Crippen LogP contribution in [0.2, 0.25) is 0 Å². The van der Waals surface area contributed by atoms with Gasteiger partial charge in [0.05, 0.1) is 0 Å². The number of aromatic nitrogens is 5. The molecular formula is C10H10F3N7. The molecule has 0 aromatic carbocycles. The quantitative estimate of drug-likeness (QED) is 0.878. The van der Waals surface area contributed by atoms with Crippen LogP contribution >= 0.6 is 0 Å². The first-order valence-electron chi connectivity index (χ1n) is 5.74. The van der Waals surface area contributed by atoms with Gasteiger partial charge in [0.25, 0.3) is 0 Å². The van der Waals surface area contributed by atoms with E-state index in [1.165, 1.54) is 17.1 Å². The number of halogens is 3. The van der Waals surface area contributed by atoms with Crippen LogP contribution in [-0.4, -0.2) is 36.2 Å². The van der Waals surface area contributed by atoms with Crippen LogP contribution in [-0.2, 0) is 0 Å². The summed E-state index contributed by atoms with van der Waals surface area (Å²) in [6.07, 6.45) is 0.0736. The number of rotatable bonds is 3. The van der Waals surface area contributed by atoms with Gasteiger partial charge in [-0.2, -0.15) is 28.1 Å². The van der Waals surface area contributed by atoms with Crippen LogP contribution in [0.3, 0.4) is 0 Å². The van der Waals surface area contributed by atoms with Crippen molar-refractivity contribution in [3.05, 3.63) is 18.7 Å². The number of nitrogens with one attached hydrogen (secondary N) is 1. The molecule has 2 aromatic rings. The van der Waals surface area contributed by atoms with Crippen LogP contribution in [0.25, 0.3) is 5.95 Å². The highest BCUT2D eigenvalue weighted by molar-refractivity contribution is 5.40. The lowest BCUT2D eigenvalue weighted by Gasteiger charge is -2.20. The van der Waals surface area contributed by atoms with Gasteiger partial charge in [0.15, 0.2) is 0 Å². The monoisotopic (exact) mass is 285 g/mol. The van der Waals surface area contributed by atoms with Gasteiger partial charge in [-0.05, 0) is 12.8 Å². The molecule has 1 fully saturated rings. The zero-order valence-corrected chi connectivity index (χ0v) is 10.1. The van der Waals surface area contributed by atoms with Crippen LogP contribution in [0, 0.1) is 0 Å². The van der Waals surface area contributed by atoms with E-state index < -0.39 is 11.7 Å². The largest absolute Gasteiger partial charge is 0.411 e. The van der Waals surface area contributed by atoms with Crippen molar-refractivity contribution in [3.8, 4) is 5.95 Å². The molecule has 0 aliphatic heterocycles. The molecular weight excluding hydrogens is 275 g/mol. The molecule has 1 aliphatic rings. The molecule has 1 saturated carbocycles. The highest BCUT2D eigenvalue weighted by Gasteiger charge is 2.64. The standard InChI is InChI=1S/C10H10F3N7/c11-10(12,13)9(1-2-9)19-7-16-6(14)17-8(18-7)20-4-3-15-5-20/h3-5H,1-2H2,(H3,14,16,17,18,19). The highest BCUT2D eigenvalue weighted by Crippen LogP contribution is 2.50. The van der Waals surface area contributed by atoms with E-state index in [0.717, 1.165) is 0 Å². The van der Waals surface area contributed by atoms with Gasteiger partial charge in [0.1, 0.15) is 11.9 Å². The van der Waals surface area contributed by atoms with Gasteiger partial charge in [-0.15, -0.1) is 0 Å². The van der Waals surface area contributed by atoms with Crippen LogP contribution in [0.4, 0.5) is 25.1 Å². The molecule has 0 amide bonds. The zero-order chi connectivity index (χ0) is 14.4. The van der Waals surface area contributed by atoms with Gasteiger partial charge < -0.3 is 11.1 Å².